The number of aryl methyl sites for hydroxylation is 1. The summed E-state index contributed by atoms with van der Waals surface area (Å²) in [5.74, 6) is 1.74. The first-order chi connectivity index (χ1) is 17.0. The van der Waals surface area contributed by atoms with Crippen molar-refractivity contribution in [1.29, 1.82) is 10.8 Å². The van der Waals surface area contributed by atoms with Crippen LogP contribution < -0.4 is 20.9 Å². The summed E-state index contributed by atoms with van der Waals surface area (Å²) in [6.07, 6.45) is 2.89. The molecule has 0 unspecified atom stereocenters. The minimum atomic E-state index is 0.0670. The van der Waals surface area contributed by atoms with E-state index in [-0.39, 0.29) is 11.7 Å². The lowest BCUT2D eigenvalue weighted by Gasteiger charge is -2.15. The van der Waals surface area contributed by atoms with E-state index in [1.54, 1.807) is 0 Å². The maximum absolute atomic E-state index is 7.45. The van der Waals surface area contributed by atoms with Crippen LogP contribution in [-0.2, 0) is 19.5 Å². The fraction of sp³-hybridized carbons (Fsp3) is 0.286. The van der Waals surface area contributed by atoms with E-state index in [0.717, 1.165) is 50.4 Å². The van der Waals surface area contributed by atoms with Crippen LogP contribution in [-0.4, -0.2) is 36.3 Å². The number of fused-ring (bicyclic) bond motifs is 1. The van der Waals surface area contributed by atoms with Crippen molar-refractivity contribution < 1.29 is 9.47 Å². The zero-order valence-electron chi connectivity index (χ0n) is 19.9. The standard InChI is InChI=1S/C28H33N5O2/c29-27(30)21-6-10-25(11-7-21)34-15-1-3-20-4-5-23-18-33(19-24(23)17-20)14-2-16-35-26-12-8-22(9-13-26)28(31)32/h4-13,17H,1-3,14-16,18-19H2,(H3,29,30)(H3,31,32). The Morgan fingerprint density at radius 1 is 0.714 bits per heavy atom. The average molecular weight is 472 g/mol. The highest BCUT2D eigenvalue weighted by molar-refractivity contribution is 5.95. The van der Waals surface area contributed by atoms with E-state index in [4.69, 9.17) is 31.8 Å². The molecule has 6 N–H and O–H groups in total. The summed E-state index contributed by atoms with van der Waals surface area (Å²) in [5, 5.41) is 14.9. The first-order valence-corrected chi connectivity index (χ1v) is 12.0. The molecule has 0 saturated carbocycles. The van der Waals surface area contributed by atoms with E-state index in [0.29, 0.717) is 24.3 Å². The number of benzene rings is 3. The number of rotatable bonds is 12. The molecule has 4 rings (SSSR count). The summed E-state index contributed by atoms with van der Waals surface area (Å²) in [4.78, 5) is 2.46. The van der Waals surface area contributed by atoms with E-state index in [2.05, 4.69) is 23.1 Å². The van der Waals surface area contributed by atoms with Crippen LogP contribution in [0.2, 0.25) is 0 Å². The monoisotopic (exact) mass is 471 g/mol. The third kappa shape index (κ3) is 6.83. The fourth-order valence-electron chi connectivity index (χ4n) is 4.24. The van der Waals surface area contributed by atoms with Crippen molar-refractivity contribution >= 4 is 11.7 Å². The van der Waals surface area contributed by atoms with Crippen molar-refractivity contribution in [1.82, 2.24) is 4.90 Å². The second-order valence-electron chi connectivity index (χ2n) is 8.84. The molecule has 182 valence electrons. The van der Waals surface area contributed by atoms with Crippen LogP contribution in [0.25, 0.3) is 0 Å². The van der Waals surface area contributed by atoms with Crippen molar-refractivity contribution in [2.75, 3.05) is 19.8 Å². The lowest BCUT2D eigenvalue weighted by molar-refractivity contribution is 0.238. The molecule has 0 amide bonds. The molecule has 3 aromatic rings. The van der Waals surface area contributed by atoms with Gasteiger partial charge in [0, 0.05) is 30.8 Å². The average Bonchev–Trinajstić information content (AvgIpc) is 3.27. The maximum atomic E-state index is 7.45. The van der Waals surface area contributed by atoms with E-state index < -0.39 is 0 Å². The second-order valence-corrected chi connectivity index (χ2v) is 8.84. The Balaban J connectivity index is 1.15. The minimum Gasteiger partial charge on any atom is -0.494 e. The van der Waals surface area contributed by atoms with E-state index in [1.165, 1.54) is 16.7 Å². The molecule has 0 aliphatic carbocycles. The van der Waals surface area contributed by atoms with Gasteiger partial charge in [0.1, 0.15) is 23.2 Å². The summed E-state index contributed by atoms with van der Waals surface area (Å²) >= 11 is 0. The van der Waals surface area contributed by atoms with Gasteiger partial charge in [0.05, 0.1) is 13.2 Å². The van der Waals surface area contributed by atoms with Crippen molar-refractivity contribution in [2.24, 2.45) is 11.5 Å². The SMILES string of the molecule is N=C(N)c1ccc(OCCCc2ccc3c(c2)CN(CCCOc2ccc(C(=N)N)cc2)C3)cc1. The molecule has 0 fully saturated rings. The maximum Gasteiger partial charge on any atom is 0.122 e. The quantitative estimate of drug-likeness (QED) is 0.180. The van der Waals surface area contributed by atoms with Gasteiger partial charge in [-0.15, -0.1) is 0 Å². The number of nitrogens with one attached hydrogen (secondary N) is 2. The molecule has 1 aliphatic heterocycles. The molecule has 0 bridgehead atoms. The second kappa shape index (κ2) is 11.5. The molecule has 7 heteroatoms. The van der Waals surface area contributed by atoms with Gasteiger partial charge >= 0.3 is 0 Å². The number of hydrogen-bond acceptors (Lipinski definition) is 5. The Hall–Kier alpha value is -3.84. The number of nitrogen functional groups attached to an aromatic ring is 2. The molecule has 0 radical (unpaired) electrons. The lowest BCUT2D eigenvalue weighted by atomic mass is 10.0. The molecule has 0 saturated heterocycles. The number of hydrogen-bond donors (Lipinski definition) is 4. The highest BCUT2D eigenvalue weighted by atomic mass is 16.5. The van der Waals surface area contributed by atoms with Crippen molar-refractivity contribution in [3.63, 3.8) is 0 Å². The first-order valence-electron chi connectivity index (χ1n) is 12.0. The minimum absolute atomic E-state index is 0.0670. The molecule has 3 aromatic carbocycles. The Labute approximate surface area is 206 Å². The zero-order valence-corrected chi connectivity index (χ0v) is 19.9. The summed E-state index contributed by atoms with van der Waals surface area (Å²) in [6, 6.07) is 21.5. The van der Waals surface area contributed by atoms with Crippen molar-refractivity contribution in [3.05, 3.63) is 94.5 Å². The highest BCUT2D eigenvalue weighted by Gasteiger charge is 2.18. The summed E-state index contributed by atoms with van der Waals surface area (Å²) < 4.78 is 11.7. The Kier molecular flexibility index (Phi) is 8.00. The smallest absolute Gasteiger partial charge is 0.122 e. The summed E-state index contributed by atoms with van der Waals surface area (Å²) in [5.41, 5.74) is 16.6. The summed E-state index contributed by atoms with van der Waals surface area (Å²) in [6.45, 7) is 4.28. The topological polar surface area (TPSA) is 121 Å². The van der Waals surface area contributed by atoms with Crippen LogP contribution in [0.15, 0.2) is 66.7 Å². The van der Waals surface area contributed by atoms with Crippen LogP contribution in [0.3, 0.4) is 0 Å². The number of nitrogens with zero attached hydrogens (tertiary/aromatic N) is 1. The molecule has 1 aliphatic rings. The van der Waals surface area contributed by atoms with Gasteiger partial charge in [-0.05, 0) is 84.5 Å². The van der Waals surface area contributed by atoms with Gasteiger partial charge in [-0.2, -0.15) is 0 Å². The predicted molar refractivity (Wildman–Crippen MR) is 139 cm³/mol. The molecule has 7 nitrogen and oxygen atoms in total. The first kappa shape index (κ1) is 24.3. The van der Waals surface area contributed by atoms with Gasteiger partial charge in [-0.1, -0.05) is 18.2 Å². The number of nitrogens with two attached hydrogens (primary N) is 2. The van der Waals surface area contributed by atoms with Crippen molar-refractivity contribution in [3.8, 4) is 11.5 Å². The van der Waals surface area contributed by atoms with Crippen LogP contribution in [0.5, 0.6) is 11.5 Å². The Morgan fingerprint density at radius 3 is 1.83 bits per heavy atom. The fourth-order valence-corrected chi connectivity index (χ4v) is 4.24. The molecular formula is C28H33N5O2. The molecule has 1 heterocycles. The van der Waals surface area contributed by atoms with Crippen LogP contribution in [0.4, 0.5) is 0 Å². The van der Waals surface area contributed by atoms with Gasteiger partial charge in [-0.25, -0.2) is 0 Å². The van der Waals surface area contributed by atoms with E-state index in [1.807, 2.05) is 48.5 Å². The predicted octanol–water partition coefficient (Wildman–Crippen LogP) is 4.05. The van der Waals surface area contributed by atoms with E-state index >= 15 is 0 Å². The molecule has 0 spiro atoms. The van der Waals surface area contributed by atoms with Crippen LogP contribution in [0.1, 0.15) is 40.7 Å². The zero-order chi connectivity index (χ0) is 24.6. The van der Waals surface area contributed by atoms with Gasteiger partial charge in [0.25, 0.3) is 0 Å². The highest BCUT2D eigenvalue weighted by Crippen LogP contribution is 2.24. The van der Waals surface area contributed by atoms with E-state index in [9.17, 15) is 0 Å². The van der Waals surface area contributed by atoms with Gasteiger partial charge in [0.15, 0.2) is 0 Å². The molecular weight excluding hydrogens is 438 g/mol. The third-order valence-electron chi connectivity index (χ3n) is 6.16. The van der Waals surface area contributed by atoms with Crippen LogP contribution >= 0.6 is 0 Å². The molecule has 0 atom stereocenters. The third-order valence-corrected chi connectivity index (χ3v) is 6.16. The van der Waals surface area contributed by atoms with Gasteiger partial charge in [-0.3, -0.25) is 15.7 Å². The van der Waals surface area contributed by atoms with Crippen LogP contribution in [0, 0.1) is 10.8 Å². The van der Waals surface area contributed by atoms with Gasteiger partial charge in [0.2, 0.25) is 0 Å². The molecule has 35 heavy (non-hydrogen) atoms. The Bertz CT molecular complexity index is 1160. The van der Waals surface area contributed by atoms with Crippen molar-refractivity contribution in [2.45, 2.75) is 32.4 Å². The van der Waals surface area contributed by atoms with Gasteiger partial charge < -0.3 is 20.9 Å². The normalized spacial score (nSPS) is 12.8. The molecule has 0 aromatic heterocycles. The Morgan fingerprint density at radius 2 is 1.26 bits per heavy atom. The summed E-state index contributed by atoms with van der Waals surface area (Å²) in [7, 11) is 0. The number of amidine groups is 2. The largest absolute Gasteiger partial charge is 0.494 e. The number of ether oxygens (including phenoxy) is 2. The lowest BCUT2D eigenvalue weighted by Crippen LogP contribution is -2.19.